The molecule has 0 heterocycles. The van der Waals surface area contributed by atoms with Gasteiger partial charge in [0.2, 0.25) is 5.91 Å². The van der Waals surface area contributed by atoms with Crippen molar-refractivity contribution >= 4 is 5.91 Å². The Morgan fingerprint density at radius 3 is 2.50 bits per heavy atom. The van der Waals surface area contributed by atoms with Crippen molar-refractivity contribution < 1.29 is 9.90 Å². The van der Waals surface area contributed by atoms with Crippen LogP contribution in [-0.2, 0) is 4.79 Å². The molecule has 0 aromatic carbocycles. The number of hydrogen-bond acceptors (Lipinski definition) is 3. The average Bonchev–Trinajstić information content (AvgIpc) is 2.17. The Kier molecular flexibility index (Phi) is 7.42. The molecule has 0 aliphatic carbocycles. The maximum Gasteiger partial charge on any atom is 0.237 e. The van der Waals surface area contributed by atoms with E-state index in [9.17, 15) is 4.79 Å². The number of nitrogens with one attached hydrogen (secondary N) is 1. The quantitative estimate of drug-likeness (QED) is 0.621. The Labute approximate surface area is 86.3 Å². The normalized spacial score (nSPS) is 12.9. The van der Waals surface area contributed by atoms with Gasteiger partial charge in [0.25, 0.3) is 0 Å². The van der Waals surface area contributed by atoms with E-state index in [-0.39, 0.29) is 18.6 Å². The highest BCUT2D eigenvalue weighted by molar-refractivity contribution is 5.81. The first kappa shape index (κ1) is 13.4. The number of aliphatic hydroxyl groups is 1. The van der Waals surface area contributed by atoms with Gasteiger partial charge < -0.3 is 10.4 Å². The minimum absolute atomic E-state index is 0.0365. The summed E-state index contributed by atoms with van der Waals surface area (Å²) in [5.41, 5.74) is 0. The van der Waals surface area contributed by atoms with Gasteiger partial charge in [0.05, 0.1) is 12.6 Å². The summed E-state index contributed by atoms with van der Waals surface area (Å²) in [7, 11) is 0. The first-order valence-corrected chi connectivity index (χ1v) is 5.29. The largest absolute Gasteiger partial charge is 0.395 e. The third kappa shape index (κ3) is 4.58. The molecule has 4 heteroatoms. The second-order valence-corrected chi connectivity index (χ2v) is 3.33. The van der Waals surface area contributed by atoms with Crippen LogP contribution >= 0.6 is 0 Å². The van der Waals surface area contributed by atoms with Gasteiger partial charge in [-0.05, 0) is 26.8 Å². The molecule has 4 nitrogen and oxygen atoms in total. The van der Waals surface area contributed by atoms with Gasteiger partial charge in [-0.2, -0.15) is 0 Å². The van der Waals surface area contributed by atoms with E-state index in [0.717, 1.165) is 13.0 Å². The summed E-state index contributed by atoms with van der Waals surface area (Å²) in [6.07, 6.45) is 0.990. The summed E-state index contributed by atoms with van der Waals surface area (Å²) in [6.45, 7) is 8.00. The molecule has 0 bridgehead atoms. The van der Waals surface area contributed by atoms with Crippen molar-refractivity contribution in [3.63, 3.8) is 0 Å². The molecule has 0 aliphatic heterocycles. The van der Waals surface area contributed by atoms with Gasteiger partial charge in [0.15, 0.2) is 0 Å². The molecular formula is C10H22N2O2. The summed E-state index contributed by atoms with van der Waals surface area (Å²) in [6, 6.07) is -0.151. The molecule has 84 valence electrons. The molecule has 14 heavy (non-hydrogen) atoms. The van der Waals surface area contributed by atoms with Crippen LogP contribution in [0.15, 0.2) is 0 Å². The van der Waals surface area contributed by atoms with E-state index in [0.29, 0.717) is 13.1 Å². The van der Waals surface area contributed by atoms with E-state index in [1.807, 2.05) is 18.7 Å². The minimum Gasteiger partial charge on any atom is -0.395 e. The highest BCUT2D eigenvalue weighted by Crippen LogP contribution is 2.00. The lowest BCUT2D eigenvalue weighted by Gasteiger charge is -2.26. The molecule has 0 spiro atoms. The molecular weight excluding hydrogens is 180 g/mol. The standard InChI is InChI=1S/C10H22N2O2/c1-4-6-12(7-8-13)9(3)10(14)11-5-2/h9,13H,4-8H2,1-3H3,(H,11,14). The lowest BCUT2D eigenvalue weighted by Crippen LogP contribution is -2.46. The molecule has 1 atom stereocenters. The molecule has 0 rings (SSSR count). The van der Waals surface area contributed by atoms with Gasteiger partial charge in [0.1, 0.15) is 0 Å². The van der Waals surface area contributed by atoms with Crippen molar-refractivity contribution in [2.75, 3.05) is 26.2 Å². The topological polar surface area (TPSA) is 52.6 Å². The third-order valence-electron chi connectivity index (χ3n) is 2.18. The van der Waals surface area contributed by atoms with Gasteiger partial charge >= 0.3 is 0 Å². The number of likely N-dealkylation sites (N-methyl/N-ethyl adjacent to an activating group) is 1. The molecule has 1 unspecified atom stereocenters. The van der Waals surface area contributed by atoms with Crippen LogP contribution in [0, 0.1) is 0 Å². The number of rotatable bonds is 7. The molecule has 0 fully saturated rings. The Balaban J connectivity index is 4.11. The zero-order valence-corrected chi connectivity index (χ0v) is 9.42. The van der Waals surface area contributed by atoms with E-state index in [4.69, 9.17) is 5.11 Å². The van der Waals surface area contributed by atoms with Crippen LogP contribution in [0.2, 0.25) is 0 Å². The second kappa shape index (κ2) is 7.76. The predicted octanol–water partition coefficient (Wildman–Crippen LogP) is 0.215. The van der Waals surface area contributed by atoms with Crippen molar-refractivity contribution in [3.8, 4) is 0 Å². The summed E-state index contributed by atoms with van der Waals surface area (Å²) < 4.78 is 0. The molecule has 0 aromatic rings. The van der Waals surface area contributed by atoms with Crippen LogP contribution < -0.4 is 5.32 Å². The average molecular weight is 202 g/mol. The Morgan fingerprint density at radius 2 is 2.07 bits per heavy atom. The molecule has 0 saturated heterocycles. The van der Waals surface area contributed by atoms with Gasteiger partial charge in [-0.15, -0.1) is 0 Å². The molecule has 0 aromatic heterocycles. The summed E-state index contributed by atoms with van der Waals surface area (Å²) >= 11 is 0. The number of aliphatic hydroxyl groups excluding tert-OH is 1. The predicted molar refractivity (Wildman–Crippen MR) is 57.1 cm³/mol. The Morgan fingerprint density at radius 1 is 1.43 bits per heavy atom. The zero-order valence-electron chi connectivity index (χ0n) is 9.42. The van der Waals surface area contributed by atoms with E-state index in [2.05, 4.69) is 12.2 Å². The van der Waals surface area contributed by atoms with Crippen molar-refractivity contribution in [1.82, 2.24) is 10.2 Å². The van der Waals surface area contributed by atoms with Crippen LogP contribution in [0.25, 0.3) is 0 Å². The smallest absolute Gasteiger partial charge is 0.237 e. The second-order valence-electron chi connectivity index (χ2n) is 3.33. The van der Waals surface area contributed by atoms with Gasteiger partial charge in [-0.3, -0.25) is 9.69 Å². The highest BCUT2D eigenvalue weighted by atomic mass is 16.3. The maximum atomic E-state index is 11.5. The van der Waals surface area contributed by atoms with E-state index >= 15 is 0 Å². The molecule has 0 saturated carbocycles. The minimum atomic E-state index is -0.151. The highest BCUT2D eigenvalue weighted by Gasteiger charge is 2.18. The number of amides is 1. The summed E-state index contributed by atoms with van der Waals surface area (Å²) in [4.78, 5) is 13.5. The lowest BCUT2D eigenvalue weighted by atomic mass is 10.2. The van der Waals surface area contributed by atoms with Crippen LogP contribution in [0.5, 0.6) is 0 Å². The summed E-state index contributed by atoms with van der Waals surface area (Å²) in [5, 5.41) is 11.6. The number of carbonyl (C=O) groups excluding carboxylic acids is 1. The van der Waals surface area contributed by atoms with Crippen LogP contribution in [0.3, 0.4) is 0 Å². The van der Waals surface area contributed by atoms with Crippen molar-refractivity contribution in [3.05, 3.63) is 0 Å². The Bertz CT molecular complexity index is 156. The van der Waals surface area contributed by atoms with E-state index in [1.54, 1.807) is 0 Å². The zero-order chi connectivity index (χ0) is 11.0. The first-order chi connectivity index (χ1) is 6.67. The maximum absolute atomic E-state index is 11.5. The fourth-order valence-electron chi connectivity index (χ4n) is 1.40. The molecule has 2 N–H and O–H groups in total. The van der Waals surface area contributed by atoms with Crippen molar-refractivity contribution in [1.29, 1.82) is 0 Å². The van der Waals surface area contributed by atoms with Crippen LogP contribution in [0.4, 0.5) is 0 Å². The molecule has 0 aliphatic rings. The molecule has 0 radical (unpaired) electrons. The monoisotopic (exact) mass is 202 g/mol. The lowest BCUT2D eigenvalue weighted by molar-refractivity contribution is -0.125. The van der Waals surface area contributed by atoms with Gasteiger partial charge in [0, 0.05) is 13.1 Å². The van der Waals surface area contributed by atoms with Crippen molar-refractivity contribution in [2.24, 2.45) is 0 Å². The van der Waals surface area contributed by atoms with Crippen LogP contribution in [-0.4, -0.2) is 48.2 Å². The van der Waals surface area contributed by atoms with Gasteiger partial charge in [-0.25, -0.2) is 0 Å². The first-order valence-electron chi connectivity index (χ1n) is 5.29. The fourth-order valence-corrected chi connectivity index (χ4v) is 1.40. The number of nitrogens with zero attached hydrogens (tertiary/aromatic N) is 1. The van der Waals surface area contributed by atoms with Crippen LogP contribution in [0.1, 0.15) is 27.2 Å². The summed E-state index contributed by atoms with van der Waals surface area (Å²) in [5.74, 6) is 0.0365. The fraction of sp³-hybridized carbons (Fsp3) is 0.900. The van der Waals surface area contributed by atoms with E-state index in [1.165, 1.54) is 0 Å². The Hall–Kier alpha value is -0.610. The number of hydrogen-bond donors (Lipinski definition) is 2. The molecule has 1 amide bonds. The van der Waals surface area contributed by atoms with Crippen molar-refractivity contribution in [2.45, 2.75) is 33.2 Å². The van der Waals surface area contributed by atoms with E-state index < -0.39 is 0 Å². The SMILES string of the molecule is CCCN(CCO)C(C)C(=O)NCC. The number of carbonyl (C=O) groups is 1. The van der Waals surface area contributed by atoms with Gasteiger partial charge in [-0.1, -0.05) is 6.92 Å². The third-order valence-corrected chi connectivity index (χ3v) is 2.18.